The summed E-state index contributed by atoms with van der Waals surface area (Å²) in [5.74, 6) is 0. The molecular formula is C14H16Cl2N2S. The van der Waals surface area contributed by atoms with Gasteiger partial charge in [0, 0.05) is 38.8 Å². The van der Waals surface area contributed by atoms with Crippen LogP contribution in [0.4, 0.5) is 0 Å². The van der Waals surface area contributed by atoms with E-state index >= 15 is 0 Å². The molecule has 0 aliphatic heterocycles. The third kappa shape index (κ3) is 4.46. The smallest absolute Gasteiger partial charge is 0.123 e. The highest BCUT2D eigenvalue weighted by atomic mass is 35.5. The van der Waals surface area contributed by atoms with Crippen LogP contribution in [0.5, 0.6) is 0 Å². The summed E-state index contributed by atoms with van der Waals surface area (Å²) in [4.78, 5) is 5.63. The lowest BCUT2D eigenvalue weighted by Gasteiger charge is -2.19. The fourth-order valence-electron chi connectivity index (χ4n) is 1.55. The normalized spacial score (nSPS) is 11.8. The molecule has 0 saturated carbocycles. The van der Waals surface area contributed by atoms with Crippen molar-refractivity contribution in [2.45, 2.75) is 32.9 Å². The highest BCUT2D eigenvalue weighted by Gasteiger charge is 2.11. The van der Waals surface area contributed by atoms with Gasteiger partial charge < -0.3 is 5.32 Å². The van der Waals surface area contributed by atoms with E-state index in [0.29, 0.717) is 10.0 Å². The van der Waals surface area contributed by atoms with Gasteiger partial charge in [0.15, 0.2) is 0 Å². The van der Waals surface area contributed by atoms with Crippen molar-refractivity contribution in [3.05, 3.63) is 39.3 Å². The molecule has 1 N–H and O–H groups in total. The minimum Gasteiger partial charge on any atom is -0.307 e. The van der Waals surface area contributed by atoms with Gasteiger partial charge in [-0.25, -0.2) is 4.98 Å². The molecule has 0 amide bonds. The van der Waals surface area contributed by atoms with Crippen LogP contribution < -0.4 is 5.32 Å². The number of benzene rings is 1. The number of aromatic nitrogens is 1. The summed E-state index contributed by atoms with van der Waals surface area (Å²) in [7, 11) is 0. The summed E-state index contributed by atoms with van der Waals surface area (Å²) in [6.45, 7) is 7.25. The molecule has 1 aromatic carbocycles. The monoisotopic (exact) mass is 314 g/mol. The van der Waals surface area contributed by atoms with Crippen LogP contribution in [0.2, 0.25) is 10.0 Å². The molecule has 2 rings (SSSR count). The predicted octanol–water partition coefficient (Wildman–Crippen LogP) is 5.01. The van der Waals surface area contributed by atoms with E-state index in [2.05, 4.69) is 31.1 Å². The first-order valence-corrected chi connectivity index (χ1v) is 7.57. The SMILES string of the molecule is CC(C)(C)NCc1cnc(-c2cc(Cl)cc(Cl)c2)s1. The summed E-state index contributed by atoms with van der Waals surface area (Å²) in [6.07, 6.45) is 1.90. The molecule has 19 heavy (non-hydrogen) atoms. The average molecular weight is 315 g/mol. The van der Waals surface area contributed by atoms with Gasteiger partial charge in [-0.1, -0.05) is 23.2 Å². The molecule has 0 atom stereocenters. The molecule has 0 spiro atoms. The maximum Gasteiger partial charge on any atom is 0.123 e. The summed E-state index contributed by atoms with van der Waals surface area (Å²) < 4.78 is 0. The number of thiazole rings is 1. The average Bonchev–Trinajstić information content (AvgIpc) is 2.72. The Bertz CT molecular complexity index is 553. The summed E-state index contributed by atoms with van der Waals surface area (Å²) in [5.41, 5.74) is 1.06. The molecular weight excluding hydrogens is 299 g/mol. The van der Waals surface area contributed by atoms with Crippen LogP contribution in [0.1, 0.15) is 25.6 Å². The molecule has 1 aromatic heterocycles. The minimum absolute atomic E-state index is 0.101. The predicted molar refractivity (Wildman–Crippen MR) is 84.2 cm³/mol. The van der Waals surface area contributed by atoms with Crippen molar-refractivity contribution in [2.24, 2.45) is 0 Å². The Balaban J connectivity index is 2.16. The summed E-state index contributed by atoms with van der Waals surface area (Å²) >= 11 is 13.7. The van der Waals surface area contributed by atoms with Crippen molar-refractivity contribution in [3.63, 3.8) is 0 Å². The van der Waals surface area contributed by atoms with Crippen LogP contribution >= 0.6 is 34.5 Å². The third-order valence-electron chi connectivity index (χ3n) is 2.46. The maximum atomic E-state index is 6.01. The van der Waals surface area contributed by atoms with E-state index in [1.54, 1.807) is 17.4 Å². The quantitative estimate of drug-likeness (QED) is 0.861. The van der Waals surface area contributed by atoms with Crippen LogP contribution in [-0.4, -0.2) is 10.5 Å². The molecule has 0 saturated heterocycles. The second kappa shape index (κ2) is 5.80. The zero-order valence-corrected chi connectivity index (χ0v) is 13.5. The summed E-state index contributed by atoms with van der Waals surface area (Å²) in [5, 5.41) is 5.65. The van der Waals surface area contributed by atoms with Gasteiger partial charge >= 0.3 is 0 Å². The molecule has 2 aromatic rings. The van der Waals surface area contributed by atoms with Gasteiger partial charge in [0.2, 0.25) is 0 Å². The Labute approximate surface area is 127 Å². The number of nitrogens with one attached hydrogen (secondary N) is 1. The highest BCUT2D eigenvalue weighted by molar-refractivity contribution is 7.15. The Morgan fingerprint density at radius 2 is 1.79 bits per heavy atom. The van der Waals surface area contributed by atoms with E-state index in [-0.39, 0.29) is 5.54 Å². The molecule has 0 radical (unpaired) electrons. The molecule has 0 bridgehead atoms. The number of halogens is 2. The lowest BCUT2D eigenvalue weighted by Crippen LogP contribution is -2.34. The fourth-order valence-corrected chi connectivity index (χ4v) is 2.92. The number of rotatable bonds is 3. The molecule has 0 aliphatic carbocycles. The first kappa shape index (κ1) is 14.8. The van der Waals surface area contributed by atoms with Crippen molar-refractivity contribution < 1.29 is 0 Å². The van der Waals surface area contributed by atoms with Gasteiger partial charge in [-0.05, 0) is 39.0 Å². The first-order valence-electron chi connectivity index (χ1n) is 6.00. The lowest BCUT2D eigenvalue weighted by molar-refractivity contribution is 0.426. The fraction of sp³-hybridized carbons (Fsp3) is 0.357. The van der Waals surface area contributed by atoms with Gasteiger partial charge in [0.1, 0.15) is 5.01 Å². The van der Waals surface area contributed by atoms with Crippen LogP contribution in [0, 0.1) is 0 Å². The van der Waals surface area contributed by atoms with Crippen LogP contribution in [0.25, 0.3) is 10.6 Å². The zero-order chi connectivity index (χ0) is 14.0. The molecule has 2 nitrogen and oxygen atoms in total. The molecule has 0 fully saturated rings. The van der Waals surface area contributed by atoms with E-state index in [1.165, 1.54) is 4.88 Å². The van der Waals surface area contributed by atoms with E-state index in [4.69, 9.17) is 23.2 Å². The van der Waals surface area contributed by atoms with Gasteiger partial charge in [-0.15, -0.1) is 11.3 Å². The van der Waals surface area contributed by atoms with Crippen molar-refractivity contribution in [1.82, 2.24) is 10.3 Å². The van der Waals surface area contributed by atoms with E-state index in [0.717, 1.165) is 17.1 Å². The van der Waals surface area contributed by atoms with E-state index in [1.807, 2.05) is 18.3 Å². The number of nitrogens with zero attached hydrogens (tertiary/aromatic N) is 1. The maximum absolute atomic E-state index is 6.01. The van der Waals surface area contributed by atoms with Crippen molar-refractivity contribution in [1.29, 1.82) is 0 Å². The van der Waals surface area contributed by atoms with Gasteiger partial charge in [-0.2, -0.15) is 0 Å². The Hall–Kier alpha value is -0.610. The third-order valence-corrected chi connectivity index (χ3v) is 3.94. The van der Waals surface area contributed by atoms with Crippen LogP contribution in [0.3, 0.4) is 0 Å². The topological polar surface area (TPSA) is 24.9 Å². The molecule has 102 valence electrons. The van der Waals surface area contributed by atoms with Gasteiger partial charge in [0.05, 0.1) is 0 Å². The first-order chi connectivity index (χ1) is 8.83. The second-order valence-electron chi connectivity index (χ2n) is 5.39. The second-order valence-corrected chi connectivity index (χ2v) is 7.38. The van der Waals surface area contributed by atoms with E-state index in [9.17, 15) is 0 Å². The van der Waals surface area contributed by atoms with Gasteiger partial charge in [0.25, 0.3) is 0 Å². The van der Waals surface area contributed by atoms with Crippen molar-refractivity contribution in [2.75, 3.05) is 0 Å². The van der Waals surface area contributed by atoms with Crippen molar-refractivity contribution in [3.8, 4) is 10.6 Å². The Morgan fingerprint density at radius 1 is 1.16 bits per heavy atom. The molecule has 0 aliphatic rings. The number of hydrogen-bond donors (Lipinski definition) is 1. The largest absolute Gasteiger partial charge is 0.307 e. The molecule has 5 heteroatoms. The number of hydrogen-bond acceptors (Lipinski definition) is 3. The Morgan fingerprint density at radius 3 is 2.37 bits per heavy atom. The van der Waals surface area contributed by atoms with E-state index < -0.39 is 0 Å². The lowest BCUT2D eigenvalue weighted by atomic mass is 10.1. The van der Waals surface area contributed by atoms with Crippen LogP contribution in [-0.2, 0) is 6.54 Å². The molecule has 0 unspecified atom stereocenters. The summed E-state index contributed by atoms with van der Waals surface area (Å²) in [6, 6.07) is 5.49. The Kier molecular flexibility index (Phi) is 4.51. The standard InChI is InChI=1S/C14H16Cl2N2S/c1-14(2,3)18-8-12-7-17-13(19-12)9-4-10(15)6-11(16)5-9/h4-7,18H,8H2,1-3H3. The zero-order valence-electron chi connectivity index (χ0n) is 11.1. The van der Waals surface area contributed by atoms with Gasteiger partial charge in [-0.3, -0.25) is 0 Å². The van der Waals surface area contributed by atoms with Crippen molar-refractivity contribution >= 4 is 34.5 Å². The highest BCUT2D eigenvalue weighted by Crippen LogP contribution is 2.30. The minimum atomic E-state index is 0.101. The van der Waals surface area contributed by atoms with Crippen LogP contribution in [0.15, 0.2) is 24.4 Å². The molecule has 1 heterocycles.